The van der Waals surface area contributed by atoms with Crippen molar-refractivity contribution in [1.29, 1.82) is 0 Å². The Kier molecular flexibility index (Phi) is 5.90. The summed E-state index contributed by atoms with van der Waals surface area (Å²) in [4.78, 5) is 26.3. The van der Waals surface area contributed by atoms with E-state index in [1.54, 1.807) is 16.9 Å². The minimum atomic E-state index is -0.563. The molecule has 30 heavy (non-hydrogen) atoms. The summed E-state index contributed by atoms with van der Waals surface area (Å²) in [6.07, 6.45) is 3.60. The number of amides is 2. The molecule has 3 aromatic rings. The van der Waals surface area contributed by atoms with Crippen molar-refractivity contribution in [3.8, 4) is 5.69 Å². The van der Waals surface area contributed by atoms with Gasteiger partial charge in [0.2, 0.25) is 5.91 Å². The number of nitrogens with two attached hydrogens (primary N) is 1. The van der Waals surface area contributed by atoms with Crippen molar-refractivity contribution in [3.05, 3.63) is 78.1 Å². The number of hydrogen-bond donors (Lipinski definition) is 2. The molecule has 3 N–H and O–H groups in total. The monoisotopic (exact) mass is 403 g/mol. The van der Waals surface area contributed by atoms with E-state index in [1.807, 2.05) is 42.5 Å². The van der Waals surface area contributed by atoms with Gasteiger partial charge in [0.25, 0.3) is 5.91 Å². The van der Waals surface area contributed by atoms with Gasteiger partial charge in [0, 0.05) is 25.0 Å². The van der Waals surface area contributed by atoms with Crippen LogP contribution in [0.5, 0.6) is 0 Å². The molecule has 1 aliphatic heterocycles. The van der Waals surface area contributed by atoms with Crippen LogP contribution in [0, 0.1) is 5.92 Å². The van der Waals surface area contributed by atoms with Crippen molar-refractivity contribution in [2.45, 2.75) is 19.4 Å². The summed E-state index contributed by atoms with van der Waals surface area (Å²) in [5.74, 6) is -0.534. The number of carbonyl (C=O) groups is 2. The lowest BCUT2D eigenvalue weighted by Crippen LogP contribution is -2.40. The number of anilines is 1. The van der Waals surface area contributed by atoms with Gasteiger partial charge in [-0.2, -0.15) is 5.10 Å². The first-order valence-electron chi connectivity index (χ1n) is 10.1. The summed E-state index contributed by atoms with van der Waals surface area (Å²) in [6.45, 7) is 2.66. The van der Waals surface area contributed by atoms with Crippen LogP contribution in [-0.4, -0.2) is 39.6 Å². The molecule has 2 amide bonds. The Hall–Kier alpha value is -3.45. The molecule has 2 aromatic carbocycles. The average molecular weight is 403 g/mol. The Labute approximate surface area is 175 Å². The van der Waals surface area contributed by atoms with Crippen LogP contribution < -0.4 is 11.1 Å². The molecule has 1 unspecified atom stereocenters. The Morgan fingerprint density at radius 3 is 2.53 bits per heavy atom. The first-order valence-corrected chi connectivity index (χ1v) is 10.1. The van der Waals surface area contributed by atoms with E-state index in [-0.39, 0.29) is 17.5 Å². The van der Waals surface area contributed by atoms with Gasteiger partial charge in [-0.05, 0) is 55.3 Å². The van der Waals surface area contributed by atoms with E-state index in [1.165, 1.54) is 5.56 Å². The number of aromatic nitrogens is 2. The predicted molar refractivity (Wildman–Crippen MR) is 115 cm³/mol. The van der Waals surface area contributed by atoms with E-state index in [0.717, 1.165) is 43.9 Å². The second-order valence-corrected chi connectivity index (χ2v) is 7.61. The molecule has 7 nitrogen and oxygen atoms in total. The highest BCUT2D eigenvalue weighted by Crippen LogP contribution is 2.21. The minimum Gasteiger partial charge on any atom is -0.364 e. The van der Waals surface area contributed by atoms with Gasteiger partial charge in [0.05, 0.1) is 11.6 Å². The van der Waals surface area contributed by atoms with E-state index in [9.17, 15) is 9.59 Å². The van der Waals surface area contributed by atoms with E-state index in [4.69, 9.17) is 5.73 Å². The maximum absolute atomic E-state index is 12.8. The molecule has 1 aliphatic rings. The maximum Gasteiger partial charge on any atom is 0.269 e. The number of benzene rings is 2. The highest BCUT2D eigenvalue weighted by Gasteiger charge is 2.25. The molecule has 154 valence electrons. The fourth-order valence-corrected chi connectivity index (χ4v) is 3.80. The molecule has 0 radical (unpaired) electrons. The predicted octanol–water partition coefficient (Wildman–Crippen LogP) is 2.82. The van der Waals surface area contributed by atoms with Gasteiger partial charge in [0.15, 0.2) is 0 Å². The van der Waals surface area contributed by atoms with Crippen LogP contribution in [0.3, 0.4) is 0 Å². The summed E-state index contributed by atoms with van der Waals surface area (Å²) >= 11 is 0. The van der Waals surface area contributed by atoms with Gasteiger partial charge in [-0.15, -0.1) is 0 Å². The lowest BCUT2D eigenvalue weighted by Gasteiger charge is -2.32. The molecular formula is C23H25N5O2. The van der Waals surface area contributed by atoms with Gasteiger partial charge in [-0.3, -0.25) is 14.5 Å². The quantitative estimate of drug-likeness (QED) is 0.662. The van der Waals surface area contributed by atoms with Crippen LogP contribution in [0.1, 0.15) is 28.9 Å². The molecule has 1 saturated heterocycles. The van der Waals surface area contributed by atoms with E-state index < -0.39 is 5.91 Å². The Morgan fingerprint density at radius 1 is 1.07 bits per heavy atom. The smallest absolute Gasteiger partial charge is 0.269 e. The first kappa shape index (κ1) is 19.8. The summed E-state index contributed by atoms with van der Waals surface area (Å²) in [5.41, 5.74) is 8.25. The van der Waals surface area contributed by atoms with Crippen molar-refractivity contribution in [2.24, 2.45) is 11.7 Å². The zero-order chi connectivity index (χ0) is 20.9. The third-order valence-corrected chi connectivity index (χ3v) is 5.37. The normalized spacial score (nSPS) is 16.9. The standard InChI is InChI=1S/C23H25N5O2/c24-22(29)21-12-14-28(26-21)20-10-8-19(9-11-20)25-23(30)18-7-4-13-27(16-18)15-17-5-2-1-3-6-17/h1-3,5-6,8-12,14,18H,4,7,13,15-16H2,(H2,24,29)(H,25,30). The fraction of sp³-hybridized carbons (Fsp3) is 0.261. The van der Waals surface area contributed by atoms with Crippen molar-refractivity contribution < 1.29 is 9.59 Å². The highest BCUT2D eigenvalue weighted by atomic mass is 16.2. The second kappa shape index (κ2) is 8.92. The molecule has 4 rings (SSSR count). The second-order valence-electron chi connectivity index (χ2n) is 7.61. The molecule has 7 heteroatoms. The van der Waals surface area contributed by atoms with Gasteiger partial charge in [-0.25, -0.2) is 4.68 Å². The minimum absolute atomic E-state index is 0.0219. The van der Waals surface area contributed by atoms with Gasteiger partial charge >= 0.3 is 0 Å². The largest absolute Gasteiger partial charge is 0.364 e. The lowest BCUT2D eigenvalue weighted by atomic mass is 9.96. The highest BCUT2D eigenvalue weighted by molar-refractivity contribution is 5.93. The average Bonchev–Trinajstić information content (AvgIpc) is 3.26. The molecule has 1 atom stereocenters. The SMILES string of the molecule is NC(=O)c1ccn(-c2ccc(NC(=O)C3CCCN(Cc4ccccc4)C3)cc2)n1. The summed E-state index contributed by atoms with van der Waals surface area (Å²) < 4.78 is 1.58. The number of hydrogen-bond acceptors (Lipinski definition) is 4. The molecule has 1 fully saturated rings. The molecule has 1 aromatic heterocycles. The summed E-state index contributed by atoms with van der Waals surface area (Å²) in [7, 11) is 0. The first-order chi connectivity index (χ1) is 14.6. The molecule has 0 bridgehead atoms. The fourth-order valence-electron chi connectivity index (χ4n) is 3.80. The number of nitrogens with zero attached hydrogens (tertiary/aromatic N) is 3. The van der Waals surface area contributed by atoms with Crippen LogP contribution >= 0.6 is 0 Å². The van der Waals surface area contributed by atoms with Crippen molar-refractivity contribution in [1.82, 2.24) is 14.7 Å². The van der Waals surface area contributed by atoms with Crippen LogP contribution in [0.15, 0.2) is 66.9 Å². The molecular weight excluding hydrogens is 378 g/mol. The molecule has 2 heterocycles. The molecule has 0 saturated carbocycles. The zero-order valence-electron chi connectivity index (χ0n) is 16.7. The Balaban J connectivity index is 1.35. The van der Waals surface area contributed by atoms with Crippen LogP contribution in [0.4, 0.5) is 5.69 Å². The van der Waals surface area contributed by atoms with Gasteiger partial charge < -0.3 is 11.1 Å². The van der Waals surface area contributed by atoms with Crippen molar-refractivity contribution >= 4 is 17.5 Å². The van der Waals surface area contributed by atoms with Gasteiger partial charge in [0.1, 0.15) is 5.69 Å². The Morgan fingerprint density at radius 2 is 1.83 bits per heavy atom. The van der Waals surface area contributed by atoms with E-state index in [0.29, 0.717) is 0 Å². The van der Waals surface area contributed by atoms with Crippen LogP contribution in [-0.2, 0) is 11.3 Å². The van der Waals surface area contributed by atoms with E-state index >= 15 is 0 Å². The third kappa shape index (κ3) is 4.75. The van der Waals surface area contributed by atoms with Crippen LogP contribution in [0.2, 0.25) is 0 Å². The zero-order valence-corrected chi connectivity index (χ0v) is 16.7. The van der Waals surface area contributed by atoms with Crippen molar-refractivity contribution in [3.63, 3.8) is 0 Å². The summed E-state index contributed by atoms with van der Waals surface area (Å²) in [6, 6.07) is 19.3. The number of primary amides is 1. The number of nitrogens with one attached hydrogen (secondary N) is 1. The van der Waals surface area contributed by atoms with Crippen molar-refractivity contribution in [2.75, 3.05) is 18.4 Å². The molecule has 0 spiro atoms. The number of rotatable bonds is 6. The summed E-state index contributed by atoms with van der Waals surface area (Å²) in [5, 5.41) is 7.16. The van der Waals surface area contributed by atoms with E-state index in [2.05, 4.69) is 27.4 Å². The van der Waals surface area contributed by atoms with Gasteiger partial charge in [-0.1, -0.05) is 30.3 Å². The van der Waals surface area contributed by atoms with Crippen LogP contribution in [0.25, 0.3) is 5.69 Å². The number of piperidine rings is 1. The number of carbonyl (C=O) groups excluding carboxylic acids is 2. The lowest BCUT2D eigenvalue weighted by molar-refractivity contribution is -0.121. The number of likely N-dealkylation sites (tertiary alicyclic amines) is 1. The topological polar surface area (TPSA) is 93.2 Å². The maximum atomic E-state index is 12.8. The Bertz CT molecular complexity index is 1010. The third-order valence-electron chi connectivity index (χ3n) is 5.37. The molecule has 0 aliphatic carbocycles.